The number of hydrogen-bond acceptors (Lipinski definition) is 7. The summed E-state index contributed by atoms with van der Waals surface area (Å²) in [6.45, 7) is 4.17. The van der Waals surface area contributed by atoms with Crippen molar-refractivity contribution in [2.45, 2.75) is 25.7 Å². The number of aliphatic imine (C=N–C) groups is 1. The molecule has 1 aliphatic carbocycles. The molecule has 0 aromatic heterocycles. The summed E-state index contributed by atoms with van der Waals surface area (Å²) in [6, 6.07) is 12.3. The Bertz CT molecular complexity index is 814. The lowest BCUT2D eigenvalue weighted by atomic mass is 9.93. The highest BCUT2D eigenvalue weighted by atomic mass is 16.7. The van der Waals surface area contributed by atoms with E-state index >= 15 is 0 Å². The second-order valence-corrected chi connectivity index (χ2v) is 6.70. The van der Waals surface area contributed by atoms with Crippen molar-refractivity contribution in [3.63, 3.8) is 0 Å². The van der Waals surface area contributed by atoms with Crippen molar-refractivity contribution in [3.05, 3.63) is 29.8 Å². The Morgan fingerprint density at radius 3 is 2.12 bits per heavy atom. The van der Waals surface area contributed by atoms with Gasteiger partial charge in [-0.1, -0.05) is 12.1 Å². The van der Waals surface area contributed by atoms with Crippen molar-refractivity contribution < 1.29 is 9.47 Å². The number of anilines is 1. The number of hydrogen-bond donors (Lipinski definition) is 1. The number of rotatable bonds is 6. The standard InChI is InChI=1S/C19H23N5O2/c1-5-25-19(26-6-2)18(12-21)15(17(18,11-20)16(22)23-19)13-7-9-14(10-8-13)24(3)4/h7-10,15H,5-6H2,1-4H3,(H2,22,23). The van der Waals surface area contributed by atoms with Crippen LogP contribution >= 0.6 is 0 Å². The molecular weight excluding hydrogens is 330 g/mol. The van der Waals surface area contributed by atoms with Gasteiger partial charge in [-0.3, -0.25) is 0 Å². The second-order valence-electron chi connectivity index (χ2n) is 6.70. The van der Waals surface area contributed by atoms with Gasteiger partial charge in [0.05, 0.1) is 12.1 Å². The lowest BCUT2D eigenvalue weighted by Gasteiger charge is -2.31. The molecule has 7 nitrogen and oxygen atoms in total. The zero-order valence-electron chi connectivity index (χ0n) is 15.5. The number of ether oxygens (including phenoxy) is 2. The van der Waals surface area contributed by atoms with E-state index in [9.17, 15) is 10.5 Å². The molecule has 2 aliphatic rings. The molecule has 3 atom stereocenters. The van der Waals surface area contributed by atoms with E-state index in [1.54, 1.807) is 13.8 Å². The van der Waals surface area contributed by atoms with Gasteiger partial charge in [0.25, 0.3) is 5.91 Å². The maximum Gasteiger partial charge on any atom is 0.293 e. The summed E-state index contributed by atoms with van der Waals surface area (Å²) in [6.07, 6.45) is 0. The Morgan fingerprint density at radius 2 is 1.69 bits per heavy atom. The van der Waals surface area contributed by atoms with Crippen LogP contribution in [0.15, 0.2) is 29.3 Å². The Hall–Kier alpha value is -2.61. The predicted octanol–water partition coefficient (Wildman–Crippen LogP) is 1.97. The van der Waals surface area contributed by atoms with E-state index in [4.69, 9.17) is 15.2 Å². The molecular formula is C19H23N5O2. The summed E-state index contributed by atoms with van der Waals surface area (Å²) in [7, 11) is 3.91. The highest BCUT2D eigenvalue weighted by molar-refractivity contribution is 6.00. The van der Waals surface area contributed by atoms with Gasteiger partial charge >= 0.3 is 0 Å². The number of fused-ring (bicyclic) bond motifs is 1. The fourth-order valence-corrected chi connectivity index (χ4v) is 4.21. The molecule has 0 bridgehead atoms. The Labute approximate surface area is 153 Å². The Kier molecular flexibility index (Phi) is 4.18. The van der Waals surface area contributed by atoms with Crippen molar-refractivity contribution in [1.29, 1.82) is 10.5 Å². The highest BCUT2D eigenvalue weighted by Gasteiger charge is 2.93. The fourth-order valence-electron chi connectivity index (χ4n) is 4.21. The van der Waals surface area contributed by atoms with Crippen molar-refractivity contribution in [1.82, 2.24) is 0 Å². The third-order valence-electron chi connectivity index (χ3n) is 5.35. The van der Waals surface area contributed by atoms with E-state index in [-0.39, 0.29) is 19.0 Å². The van der Waals surface area contributed by atoms with Crippen LogP contribution in [0.25, 0.3) is 0 Å². The minimum Gasteiger partial charge on any atom is -0.386 e. The zero-order valence-corrected chi connectivity index (χ0v) is 15.5. The number of nitrogens with zero attached hydrogens (tertiary/aromatic N) is 4. The summed E-state index contributed by atoms with van der Waals surface area (Å²) in [5.41, 5.74) is 5.51. The molecule has 1 aromatic carbocycles. The van der Waals surface area contributed by atoms with Gasteiger partial charge in [0.1, 0.15) is 11.3 Å². The molecule has 0 saturated heterocycles. The number of nitrogens with two attached hydrogens (primary N) is 1. The molecule has 1 aliphatic heterocycles. The minimum absolute atomic E-state index is 0.102. The molecule has 1 fully saturated rings. The van der Waals surface area contributed by atoms with Crippen LogP contribution in [-0.4, -0.2) is 39.1 Å². The van der Waals surface area contributed by atoms with Crippen LogP contribution in [0.4, 0.5) is 5.69 Å². The van der Waals surface area contributed by atoms with Gasteiger partial charge in [0, 0.05) is 38.9 Å². The van der Waals surface area contributed by atoms with Crippen molar-refractivity contribution in [2.24, 2.45) is 21.6 Å². The van der Waals surface area contributed by atoms with Gasteiger partial charge in [-0.2, -0.15) is 10.5 Å². The van der Waals surface area contributed by atoms with Crippen LogP contribution in [0.5, 0.6) is 0 Å². The average Bonchev–Trinajstić information content (AvgIpc) is 3.21. The largest absolute Gasteiger partial charge is 0.386 e. The maximum absolute atomic E-state index is 10.1. The predicted molar refractivity (Wildman–Crippen MR) is 97.2 cm³/mol. The van der Waals surface area contributed by atoms with Crippen LogP contribution in [-0.2, 0) is 9.47 Å². The normalized spacial score (nSPS) is 30.7. The van der Waals surface area contributed by atoms with Crippen LogP contribution < -0.4 is 10.6 Å². The smallest absolute Gasteiger partial charge is 0.293 e. The van der Waals surface area contributed by atoms with E-state index < -0.39 is 22.7 Å². The van der Waals surface area contributed by atoms with E-state index in [0.29, 0.717) is 0 Å². The molecule has 0 radical (unpaired) electrons. The van der Waals surface area contributed by atoms with E-state index in [1.807, 2.05) is 43.3 Å². The lowest BCUT2D eigenvalue weighted by molar-refractivity contribution is -0.255. The molecule has 0 amide bonds. The van der Waals surface area contributed by atoms with E-state index in [2.05, 4.69) is 17.1 Å². The van der Waals surface area contributed by atoms with Crippen LogP contribution in [0, 0.1) is 33.5 Å². The molecule has 1 aromatic rings. The molecule has 0 spiro atoms. The highest BCUT2D eigenvalue weighted by Crippen LogP contribution is 2.81. The Morgan fingerprint density at radius 1 is 1.12 bits per heavy atom. The van der Waals surface area contributed by atoms with Crippen molar-refractivity contribution in [3.8, 4) is 12.1 Å². The number of amidine groups is 1. The summed E-state index contributed by atoms with van der Waals surface area (Å²) in [5, 5.41) is 20.1. The zero-order chi connectivity index (χ0) is 19.2. The number of benzene rings is 1. The average molecular weight is 353 g/mol. The summed E-state index contributed by atoms with van der Waals surface area (Å²) in [4.78, 5) is 6.32. The van der Waals surface area contributed by atoms with Gasteiger partial charge in [-0.25, -0.2) is 4.99 Å². The molecule has 2 N–H and O–H groups in total. The monoisotopic (exact) mass is 353 g/mol. The van der Waals surface area contributed by atoms with Crippen molar-refractivity contribution >= 4 is 11.5 Å². The summed E-state index contributed by atoms with van der Waals surface area (Å²) < 4.78 is 11.6. The van der Waals surface area contributed by atoms with Gasteiger partial charge in [0.2, 0.25) is 0 Å². The van der Waals surface area contributed by atoms with Crippen LogP contribution in [0.3, 0.4) is 0 Å². The van der Waals surface area contributed by atoms with Gasteiger partial charge in [-0.15, -0.1) is 0 Å². The first kappa shape index (κ1) is 18.2. The van der Waals surface area contributed by atoms with Gasteiger partial charge in [-0.05, 0) is 31.5 Å². The third-order valence-corrected chi connectivity index (χ3v) is 5.35. The summed E-state index contributed by atoms with van der Waals surface area (Å²) in [5.74, 6) is -1.92. The molecule has 26 heavy (non-hydrogen) atoms. The Balaban J connectivity index is 2.15. The molecule has 7 heteroatoms. The number of nitriles is 2. The second kappa shape index (κ2) is 5.98. The van der Waals surface area contributed by atoms with Gasteiger partial charge in [0.15, 0.2) is 5.41 Å². The van der Waals surface area contributed by atoms with Gasteiger partial charge < -0.3 is 20.1 Å². The molecule has 1 saturated carbocycles. The maximum atomic E-state index is 10.1. The van der Waals surface area contributed by atoms with E-state index in [0.717, 1.165) is 11.3 Å². The SMILES string of the molecule is CCOC1(OCC)N=C(N)C2(C#N)C(c3ccc(N(C)C)cc3)C12C#N. The molecule has 1 heterocycles. The first-order chi connectivity index (χ1) is 12.4. The quantitative estimate of drug-likeness (QED) is 0.783. The van der Waals surface area contributed by atoms with Crippen LogP contribution in [0.1, 0.15) is 25.3 Å². The third kappa shape index (κ3) is 1.90. The molecule has 136 valence electrons. The van der Waals surface area contributed by atoms with Crippen molar-refractivity contribution in [2.75, 3.05) is 32.2 Å². The topological polar surface area (TPSA) is 108 Å². The lowest BCUT2D eigenvalue weighted by Crippen LogP contribution is -2.43. The fraction of sp³-hybridized carbons (Fsp3) is 0.526. The minimum atomic E-state index is -1.56. The molecule has 3 unspecified atom stereocenters. The first-order valence-corrected chi connectivity index (χ1v) is 8.64. The summed E-state index contributed by atoms with van der Waals surface area (Å²) >= 11 is 0. The van der Waals surface area contributed by atoms with Crippen LogP contribution in [0.2, 0.25) is 0 Å². The first-order valence-electron chi connectivity index (χ1n) is 8.64. The molecule has 3 rings (SSSR count). The van der Waals surface area contributed by atoms with E-state index in [1.165, 1.54) is 0 Å².